The van der Waals surface area contributed by atoms with Gasteiger partial charge in [0.05, 0.1) is 39.8 Å². The molecule has 2 aromatic carbocycles. The molecule has 0 aliphatic rings. The zero-order chi connectivity index (χ0) is 27.6. The zero-order valence-corrected chi connectivity index (χ0v) is 22.4. The highest BCUT2D eigenvalue weighted by molar-refractivity contribution is 6.32. The van der Waals surface area contributed by atoms with E-state index < -0.39 is 0 Å². The van der Waals surface area contributed by atoms with Gasteiger partial charge in [-0.25, -0.2) is 0 Å². The number of hydrogen-bond donors (Lipinski definition) is 2. The fourth-order valence-corrected chi connectivity index (χ4v) is 4.11. The molecule has 1 amide bonds. The second-order valence-corrected chi connectivity index (χ2v) is 8.89. The van der Waals surface area contributed by atoms with E-state index in [-0.39, 0.29) is 12.5 Å². The van der Waals surface area contributed by atoms with Crippen LogP contribution < -0.4 is 20.1 Å². The molecule has 2 heterocycles. The van der Waals surface area contributed by atoms with Crippen LogP contribution in [0.15, 0.2) is 60.9 Å². The second-order valence-electron chi connectivity index (χ2n) is 8.48. The van der Waals surface area contributed by atoms with E-state index in [4.69, 9.17) is 25.8 Å². The maximum atomic E-state index is 12.6. The number of amides is 1. The lowest BCUT2D eigenvalue weighted by Gasteiger charge is -2.17. The Bertz CT molecular complexity index is 1490. The molecule has 10 heteroatoms. The quantitative estimate of drug-likeness (QED) is 0.201. The Labute approximate surface area is 231 Å². The summed E-state index contributed by atoms with van der Waals surface area (Å²) in [5.41, 5.74) is 3.37. The van der Waals surface area contributed by atoms with Crippen molar-refractivity contribution in [2.45, 2.75) is 26.4 Å². The number of benzene rings is 2. The van der Waals surface area contributed by atoms with E-state index in [1.807, 2.05) is 25.1 Å². The van der Waals surface area contributed by atoms with E-state index in [1.165, 1.54) is 6.20 Å². The molecule has 200 valence electrons. The molecule has 0 atom stereocenters. The number of carbonyl (C=O) groups excluding carboxylic acids is 1. The van der Waals surface area contributed by atoms with E-state index in [9.17, 15) is 10.1 Å². The summed E-state index contributed by atoms with van der Waals surface area (Å²) in [4.78, 5) is 21.2. The highest BCUT2D eigenvalue weighted by Crippen LogP contribution is 2.37. The molecule has 0 aliphatic heterocycles. The third-order valence-electron chi connectivity index (χ3n) is 5.72. The van der Waals surface area contributed by atoms with Gasteiger partial charge in [-0.05, 0) is 49.7 Å². The molecule has 2 aromatic heterocycles. The number of carbonyl (C=O) groups is 1. The molecule has 39 heavy (non-hydrogen) atoms. The summed E-state index contributed by atoms with van der Waals surface area (Å²) in [6.07, 6.45) is 4.09. The standard InChI is InChI=1S/C29H28ClN5O4/c1-3-38-27-15-24-22(14-25(27)35-28(36)8-6-12-37-2)29(19(16-31)17-33-24)34-20-9-10-26(23(30)13-20)39-18-21-7-4-5-11-32-21/h4-5,7,9-11,13-15,17H,3,6,8,12,18H2,1-2H3,(H,33,34)(H,35,36). The summed E-state index contributed by atoms with van der Waals surface area (Å²) >= 11 is 6.51. The van der Waals surface area contributed by atoms with Gasteiger partial charge in [0.2, 0.25) is 5.91 Å². The van der Waals surface area contributed by atoms with Crippen LogP contribution >= 0.6 is 11.6 Å². The fourth-order valence-electron chi connectivity index (χ4n) is 3.88. The summed E-state index contributed by atoms with van der Waals surface area (Å²) < 4.78 is 16.6. The molecule has 0 aliphatic carbocycles. The number of pyridine rings is 2. The molecule has 4 aromatic rings. The fraction of sp³-hybridized carbons (Fsp3) is 0.241. The minimum atomic E-state index is -0.167. The Morgan fingerprint density at radius 2 is 1.97 bits per heavy atom. The first-order valence-electron chi connectivity index (χ1n) is 12.4. The summed E-state index contributed by atoms with van der Waals surface area (Å²) in [5, 5.41) is 17.1. The van der Waals surface area contributed by atoms with Crippen molar-refractivity contribution in [3.8, 4) is 17.6 Å². The lowest BCUT2D eigenvalue weighted by atomic mass is 10.1. The topological polar surface area (TPSA) is 118 Å². The average molecular weight is 546 g/mol. The van der Waals surface area contributed by atoms with E-state index in [0.29, 0.717) is 76.1 Å². The van der Waals surface area contributed by atoms with Gasteiger partial charge < -0.3 is 24.8 Å². The molecule has 0 bridgehead atoms. The number of nitriles is 1. The Hall–Kier alpha value is -4.39. The van der Waals surface area contributed by atoms with E-state index in [0.717, 1.165) is 5.69 Å². The van der Waals surface area contributed by atoms with Gasteiger partial charge in [0, 0.05) is 49.7 Å². The monoisotopic (exact) mass is 545 g/mol. The Balaban J connectivity index is 1.63. The van der Waals surface area contributed by atoms with Crippen molar-refractivity contribution in [3.05, 3.63) is 77.2 Å². The number of rotatable bonds is 12. The third kappa shape index (κ3) is 7.13. The molecule has 0 fully saturated rings. The number of methoxy groups -OCH3 is 1. The number of ether oxygens (including phenoxy) is 3. The van der Waals surface area contributed by atoms with Gasteiger partial charge >= 0.3 is 0 Å². The maximum absolute atomic E-state index is 12.6. The van der Waals surface area contributed by atoms with Gasteiger partial charge in [-0.2, -0.15) is 5.26 Å². The van der Waals surface area contributed by atoms with Crippen LogP contribution in [-0.4, -0.2) is 36.2 Å². The van der Waals surface area contributed by atoms with Crippen LogP contribution in [-0.2, 0) is 16.1 Å². The SMILES string of the molecule is CCOc1cc2ncc(C#N)c(Nc3ccc(OCc4ccccn4)c(Cl)c3)c2cc1NC(=O)CCCOC. The van der Waals surface area contributed by atoms with Crippen molar-refractivity contribution in [2.75, 3.05) is 31.0 Å². The minimum Gasteiger partial charge on any atom is -0.492 e. The largest absolute Gasteiger partial charge is 0.492 e. The summed E-state index contributed by atoms with van der Waals surface area (Å²) in [6, 6.07) is 16.6. The first-order valence-corrected chi connectivity index (χ1v) is 12.8. The molecule has 9 nitrogen and oxygen atoms in total. The van der Waals surface area contributed by atoms with E-state index >= 15 is 0 Å². The lowest BCUT2D eigenvalue weighted by Crippen LogP contribution is -2.13. The highest BCUT2D eigenvalue weighted by atomic mass is 35.5. The molecule has 0 spiro atoms. The van der Waals surface area contributed by atoms with Gasteiger partial charge in [0.15, 0.2) is 0 Å². The number of anilines is 3. The summed E-state index contributed by atoms with van der Waals surface area (Å²) in [5.74, 6) is 0.831. The number of aromatic nitrogens is 2. The third-order valence-corrected chi connectivity index (χ3v) is 6.01. The number of fused-ring (bicyclic) bond motifs is 1. The smallest absolute Gasteiger partial charge is 0.224 e. The van der Waals surface area contributed by atoms with Crippen molar-refractivity contribution >= 4 is 45.5 Å². The summed E-state index contributed by atoms with van der Waals surface area (Å²) in [7, 11) is 1.60. The van der Waals surface area contributed by atoms with Crippen molar-refractivity contribution in [3.63, 3.8) is 0 Å². The van der Waals surface area contributed by atoms with Gasteiger partial charge in [-0.1, -0.05) is 17.7 Å². The van der Waals surface area contributed by atoms with Gasteiger partial charge in [0.1, 0.15) is 24.2 Å². The first kappa shape index (κ1) is 27.6. The van der Waals surface area contributed by atoms with Crippen LogP contribution in [0.5, 0.6) is 11.5 Å². The molecule has 4 rings (SSSR count). The van der Waals surface area contributed by atoms with E-state index in [1.54, 1.807) is 43.6 Å². The number of nitrogens with zero attached hydrogens (tertiary/aromatic N) is 3. The molecule has 0 radical (unpaired) electrons. The number of halogens is 1. The Morgan fingerprint density at radius 1 is 1.10 bits per heavy atom. The summed E-state index contributed by atoms with van der Waals surface area (Å²) in [6.45, 7) is 3.04. The van der Waals surface area contributed by atoms with Crippen molar-refractivity contribution < 1.29 is 19.0 Å². The predicted octanol–water partition coefficient (Wildman–Crippen LogP) is 6.24. The van der Waals surface area contributed by atoms with Gasteiger partial charge in [0.25, 0.3) is 0 Å². The van der Waals surface area contributed by atoms with Crippen molar-refractivity contribution in [1.82, 2.24) is 9.97 Å². The minimum absolute atomic E-state index is 0.167. The first-order chi connectivity index (χ1) is 19.0. The Kier molecular flexibility index (Phi) is 9.51. The predicted molar refractivity (Wildman–Crippen MR) is 151 cm³/mol. The second kappa shape index (κ2) is 13.4. The van der Waals surface area contributed by atoms with Crippen LogP contribution in [0.4, 0.5) is 17.1 Å². The highest BCUT2D eigenvalue weighted by Gasteiger charge is 2.16. The van der Waals surface area contributed by atoms with Crippen molar-refractivity contribution in [2.24, 2.45) is 0 Å². The van der Waals surface area contributed by atoms with E-state index in [2.05, 4.69) is 26.7 Å². The van der Waals surface area contributed by atoms with Crippen LogP contribution in [0.1, 0.15) is 31.0 Å². The molecule has 0 saturated carbocycles. The van der Waals surface area contributed by atoms with Crippen LogP contribution in [0.3, 0.4) is 0 Å². The lowest BCUT2D eigenvalue weighted by molar-refractivity contribution is -0.116. The molecule has 2 N–H and O–H groups in total. The zero-order valence-electron chi connectivity index (χ0n) is 21.7. The van der Waals surface area contributed by atoms with Crippen LogP contribution in [0.25, 0.3) is 10.9 Å². The van der Waals surface area contributed by atoms with Crippen molar-refractivity contribution in [1.29, 1.82) is 5.26 Å². The normalized spacial score (nSPS) is 10.6. The number of nitrogens with one attached hydrogen (secondary N) is 2. The molecule has 0 unspecified atom stereocenters. The maximum Gasteiger partial charge on any atom is 0.224 e. The molecular formula is C29H28ClN5O4. The van der Waals surface area contributed by atoms with Gasteiger partial charge in [-0.15, -0.1) is 0 Å². The number of hydrogen-bond acceptors (Lipinski definition) is 8. The Morgan fingerprint density at radius 3 is 2.69 bits per heavy atom. The van der Waals surface area contributed by atoms with Gasteiger partial charge in [-0.3, -0.25) is 14.8 Å². The van der Waals surface area contributed by atoms with Crippen LogP contribution in [0.2, 0.25) is 5.02 Å². The van der Waals surface area contributed by atoms with Crippen LogP contribution in [0, 0.1) is 11.3 Å². The molecular weight excluding hydrogens is 518 g/mol. The molecule has 0 saturated heterocycles. The average Bonchev–Trinajstić information content (AvgIpc) is 2.94.